The molecule has 0 aliphatic carbocycles. The third kappa shape index (κ3) is 5.34. The Balaban J connectivity index is 1.50. The molecular formula is C19H24ClN3O2S. The van der Waals surface area contributed by atoms with Crippen LogP contribution in [0.5, 0.6) is 5.75 Å². The van der Waals surface area contributed by atoms with Crippen LogP contribution in [0, 0.1) is 0 Å². The minimum Gasteiger partial charge on any atom is -0.593 e. The molecule has 2 atom stereocenters. The number of halogens is 1. The topological polar surface area (TPSA) is 60.5 Å². The van der Waals surface area contributed by atoms with E-state index in [1.807, 2.05) is 26.0 Å². The van der Waals surface area contributed by atoms with Crippen molar-refractivity contribution in [2.24, 2.45) is 0 Å². The van der Waals surface area contributed by atoms with Crippen LogP contribution in [0.15, 0.2) is 47.6 Å². The SMILES string of the molecule is CC(C)Oc1ccc(CN2CC[C@@H](N[S@@+]([O-])c3cnccc3Cl)C2)cc1. The van der Waals surface area contributed by atoms with Crippen LogP contribution in [0.25, 0.3) is 0 Å². The summed E-state index contributed by atoms with van der Waals surface area (Å²) >= 11 is 4.75. The fourth-order valence-electron chi connectivity index (χ4n) is 2.99. The van der Waals surface area contributed by atoms with Gasteiger partial charge >= 0.3 is 0 Å². The maximum absolute atomic E-state index is 12.5. The molecule has 1 aromatic heterocycles. The van der Waals surface area contributed by atoms with E-state index in [1.165, 1.54) is 5.56 Å². The van der Waals surface area contributed by atoms with Gasteiger partial charge in [0.1, 0.15) is 10.8 Å². The molecule has 0 spiro atoms. The summed E-state index contributed by atoms with van der Waals surface area (Å²) in [5, 5.41) is 0.476. The maximum atomic E-state index is 12.5. The van der Waals surface area contributed by atoms with E-state index in [9.17, 15) is 4.55 Å². The molecule has 140 valence electrons. The van der Waals surface area contributed by atoms with Crippen LogP contribution in [0.3, 0.4) is 0 Å². The number of pyridine rings is 1. The maximum Gasteiger partial charge on any atom is 0.210 e. The summed E-state index contributed by atoms with van der Waals surface area (Å²) in [6, 6.07) is 10.1. The van der Waals surface area contributed by atoms with Gasteiger partial charge in [-0.2, -0.15) is 0 Å². The lowest BCUT2D eigenvalue weighted by Gasteiger charge is -2.18. The van der Waals surface area contributed by atoms with Gasteiger partial charge in [-0.05, 0) is 44.0 Å². The average Bonchev–Trinajstić information content (AvgIpc) is 3.03. The number of aromatic nitrogens is 1. The van der Waals surface area contributed by atoms with Gasteiger partial charge < -0.3 is 9.29 Å². The second-order valence-corrected chi connectivity index (χ2v) is 8.34. The van der Waals surface area contributed by atoms with Crippen LogP contribution >= 0.6 is 11.6 Å². The number of hydrogen-bond acceptors (Lipinski definition) is 5. The van der Waals surface area contributed by atoms with Crippen molar-refractivity contribution in [2.75, 3.05) is 13.1 Å². The number of likely N-dealkylation sites (tertiary alicyclic amines) is 1. The summed E-state index contributed by atoms with van der Waals surface area (Å²) in [7, 11) is 0. The molecule has 26 heavy (non-hydrogen) atoms. The van der Waals surface area contributed by atoms with E-state index in [2.05, 4.69) is 26.7 Å². The monoisotopic (exact) mass is 393 g/mol. The predicted molar refractivity (Wildman–Crippen MR) is 105 cm³/mol. The fourth-order valence-corrected chi connectivity index (χ4v) is 4.33. The minimum absolute atomic E-state index is 0.177. The van der Waals surface area contributed by atoms with Gasteiger partial charge in [-0.25, -0.2) is 0 Å². The minimum atomic E-state index is -1.34. The first-order valence-electron chi connectivity index (χ1n) is 8.76. The normalized spacial score (nSPS) is 19.0. The summed E-state index contributed by atoms with van der Waals surface area (Å²) in [6.07, 6.45) is 4.29. The largest absolute Gasteiger partial charge is 0.593 e. The molecule has 0 radical (unpaired) electrons. The molecule has 1 saturated heterocycles. The molecule has 0 bridgehead atoms. The molecule has 2 aromatic rings. The smallest absolute Gasteiger partial charge is 0.210 e. The van der Waals surface area contributed by atoms with Crippen molar-refractivity contribution in [3.8, 4) is 5.75 Å². The molecule has 1 fully saturated rings. The van der Waals surface area contributed by atoms with Crippen LogP contribution in [0.1, 0.15) is 25.8 Å². The zero-order chi connectivity index (χ0) is 18.5. The third-order valence-electron chi connectivity index (χ3n) is 4.18. The van der Waals surface area contributed by atoms with Crippen LogP contribution in [0.4, 0.5) is 0 Å². The highest BCUT2D eigenvalue weighted by molar-refractivity contribution is 7.89. The standard InChI is InChI=1S/C19H24ClN3O2S/c1-14(2)25-17-5-3-15(4-6-17)12-23-10-8-16(13-23)22-26(24)19-11-21-9-7-18(19)20/h3-7,9,11,14,16,22H,8,10,12-13H2,1-2H3/t16-,26+/m1/s1. The summed E-state index contributed by atoms with van der Waals surface area (Å²) < 4.78 is 21.3. The summed E-state index contributed by atoms with van der Waals surface area (Å²) in [4.78, 5) is 6.89. The van der Waals surface area contributed by atoms with Crippen LogP contribution < -0.4 is 9.46 Å². The van der Waals surface area contributed by atoms with Crippen molar-refractivity contribution in [1.82, 2.24) is 14.6 Å². The first kappa shape index (κ1) is 19.5. The summed E-state index contributed by atoms with van der Waals surface area (Å²) in [5.74, 6) is 0.897. The Morgan fingerprint density at radius 1 is 1.35 bits per heavy atom. The van der Waals surface area contributed by atoms with Gasteiger partial charge in [0.05, 0.1) is 29.7 Å². The number of nitrogens with zero attached hydrogens (tertiary/aromatic N) is 2. The Morgan fingerprint density at radius 2 is 2.12 bits per heavy atom. The van der Waals surface area contributed by atoms with E-state index >= 15 is 0 Å². The number of rotatable bonds is 7. The quantitative estimate of drug-likeness (QED) is 0.730. The van der Waals surface area contributed by atoms with E-state index in [0.29, 0.717) is 9.92 Å². The molecular weight excluding hydrogens is 370 g/mol. The number of benzene rings is 1. The van der Waals surface area contributed by atoms with Crippen molar-refractivity contribution in [3.63, 3.8) is 0 Å². The van der Waals surface area contributed by atoms with Crippen molar-refractivity contribution in [3.05, 3.63) is 53.3 Å². The molecule has 0 saturated carbocycles. The zero-order valence-corrected chi connectivity index (χ0v) is 16.6. The number of nitrogens with one attached hydrogen (secondary N) is 1. The van der Waals surface area contributed by atoms with Gasteiger partial charge in [0.25, 0.3) is 0 Å². The third-order valence-corrected chi connectivity index (χ3v) is 5.90. The van der Waals surface area contributed by atoms with Gasteiger partial charge in [0.2, 0.25) is 4.90 Å². The Hall–Kier alpha value is -1.31. The van der Waals surface area contributed by atoms with Crippen LogP contribution in [-0.4, -0.2) is 39.7 Å². The van der Waals surface area contributed by atoms with E-state index in [4.69, 9.17) is 16.3 Å². The fraction of sp³-hybridized carbons (Fsp3) is 0.421. The molecule has 1 N–H and O–H groups in total. The van der Waals surface area contributed by atoms with E-state index in [1.54, 1.807) is 18.5 Å². The Labute approximate surface area is 163 Å². The number of hydrogen-bond donors (Lipinski definition) is 1. The van der Waals surface area contributed by atoms with E-state index in [0.717, 1.165) is 31.8 Å². The first-order chi connectivity index (χ1) is 12.5. The van der Waals surface area contributed by atoms with E-state index in [-0.39, 0.29) is 12.1 Å². The predicted octanol–water partition coefficient (Wildman–Crippen LogP) is 3.41. The van der Waals surface area contributed by atoms with Gasteiger partial charge in [-0.15, -0.1) is 4.72 Å². The summed E-state index contributed by atoms with van der Waals surface area (Å²) in [5.41, 5.74) is 1.25. The first-order valence-corrected chi connectivity index (χ1v) is 10.3. The summed E-state index contributed by atoms with van der Waals surface area (Å²) in [6.45, 7) is 6.75. The second-order valence-electron chi connectivity index (χ2n) is 6.72. The highest BCUT2D eigenvalue weighted by atomic mass is 35.5. The molecule has 0 unspecified atom stereocenters. The Morgan fingerprint density at radius 3 is 2.81 bits per heavy atom. The molecule has 1 aromatic carbocycles. The zero-order valence-electron chi connectivity index (χ0n) is 15.0. The molecule has 5 nitrogen and oxygen atoms in total. The lowest BCUT2D eigenvalue weighted by atomic mass is 10.2. The van der Waals surface area contributed by atoms with Gasteiger partial charge in [0.15, 0.2) is 0 Å². The number of ether oxygens (including phenoxy) is 1. The molecule has 0 amide bonds. The van der Waals surface area contributed by atoms with Crippen LogP contribution in [0.2, 0.25) is 5.02 Å². The van der Waals surface area contributed by atoms with Crippen molar-refractivity contribution in [2.45, 2.75) is 43.9 Å². The van der Waals surface area contributed by atoms with Crippen LogP contribution in [-0.2, 0) is 17.9 Å². The van der Waals surface area contributed by atoms with Gasteiger partial charge in [0, 0.05) is 25.8 Å². The second kappa shape index (κ2) is 9.06. The lowest BCUT2D eigenvalue weighted by Crippen LogP contribution is -2.37. The molecule has 2 heterocycles. The average molecular weight is 394 g/mol. The molecule has 1 aliphatic rings. The molecule has 7 heteroatoms. The molecule has 3 rings (SSSR count). The lowest BCUT2D eigenvalue weighted by molar-refractivity contribution is 0.242. The van der Waals surface area contributed by atoms with Crippen molar-refractivity contribution >= 4 is 23.0 Å². The molecule has 1 aliphatic heterocycles. The van der Waals surface area contributed by atoms with Gasteiger partial charge in [-0.1, -0.05) is 23.7 Å². The highest BCUT2D eigenvalue weighted by Crippen LogP contribution is 2.22. The highest BCUT2D eigenvalue weighted by Gasteiger charge is 2.28. The van der Waals surface area contributed by atoms with Gasteiger partial charge in [-0.3, -0.25) is 9.88 Å². The van der Waals surface area contributed by atoms with E-state index < -0.39 is 11.4 Å². The Kier molecular flexibility index (Phi) is 6.78. The van der Waals surface area contributed by atoms with Crippen molar-refractivity contribution in [1.29, 1.82) is 0 Å². The Bertz CT molecular complexity index is 714. The van der Waals surface area contributed by atoms with Crippen molar-refractivity contribution < 1.29 is 9.29 Å².